The van der Waals surface area contributed by atoms with E-state index in [1.165, 1.54) is 0 Å². The lowest BCUT2D eigenvalue weighted by Gasteiger charge is -2.13. The number of rotatable bonds is 6. The van der Waals surface area contributed by atoms with Crippen molar-refractivity contribution in [1.29, 1.82) is 0 Å². The van der Waals surface area contributed by atoms with Gasteiger partial charge in [0.05, 0.1) is 17.7 Å². The van der Waals surface area contributed by atoms with Crippen LogP contribution in [0.5, 0.6) is 5.75 Å². The summed E-state index contributed by atoms with van der Waals surface area (Å²) in [5.41, 5.74) is 3.79. The van der Waals surface area contributed by atoms with Crippen molar-refractivity contribution in [3.8, 4) is 5.75 Å². The minimum atomic E-state index is -0.372. The van der Waals surface area contributed by atoms with E-state index in [1.54, 1.807) is 24.3 Å². The van der Waals surface area contributed by atoms with Crippen molar-refractivity contribution in [2.75, 3.05) is 11.9 Å². The number of amides is 3. The summed E-state index contributed by atoms with van der Waals surface area (Å²) in [4.78, 5) is 38.4. The summed E-state index contributed by atoms with van der Waals surface area (Å²) in [6.07, 6.45) is 0. The molecule has 0 radical (unpaired) electrons. The summed E-state index contributed by atoms with van der Waals surface area (Å²) in [5, 5.41) is 11.3. The molecule has 31 heavy (non-hydrogen) atoms. The van der Waals surface area contributed by atoms with Gasteiger partial charge in [0.25, 0.3) is 17.7 Å². The molecule has 3 aromatic rings. The molecule has 158 valence electrons. The van der Waals surface area contributed by atoms with Crippen molar-refractivity contribution in [2.45, 2.75) is 27.3 Å². The molecule has 0 fully saturated rings. The van der Waals surface area contributed by atoms with Crippen molar-refractivity contribution >= 4 is 34.2 Å². The molecule has 8 nitrogen and oxygen atoms in total. The molecule has 4 rings (SSSR count). The van der Waals surface area contributed by atoms with Gasteiger partial charge in [-0.1, -0.05) is 35.6 Å². The van der Waals surface area contributed by atoms with Crippen LogP contribution in [0.15, 0.2) is 36.4 Å². The van der Waals surface area contributed by atoms with Crippen LogP contribution in [0.2, 0.25) is 0 Å². The highest BCUT2D eigenvalue weighted by molar-refractivity contribution is 7.15. The van der Waals surface area contributed by atoms with E-state index in [9.17, 15) is 14.4 Å². The number of aromatic nitrogens is 2. The molecule has 1 aliphatic heterocycles. The summed E-state index contributed by atoms with van der Waals surface area (Å²) < 4.78 is 5.71. The molecular weight excluding hydrogens is 416 g/mol. The first-order chi connectivity index (χ1) is 14.8. The van der Waals surface area contributed by atoms with Crippen molar-refractivity contribution in [3.63, 3.8) is 0 Å². The van der Waals surface area contributed by atoms with Crippen molar-refractivity contribution in [3.05, 3.63) is 69.2 Å². The Kier molecular flexibility index (Phi) is 5.51. The first-order valence-corrected chi connectivity index (χ1v) is 10.4. The second kappa shape index (κ2) is 8.27. The summed E-state index contributed by atoms with van der Waals surface area (Å²) in [6, 6.07) is 10.6. The van der Waals surface area contributed by atoms with Crippen LogP contribution in [0, 0.1) is 20.8 Å². The fourth-order valence-corrected chi connectivity index (χ4v) is 4.07. The topological polar surface area (TPSA) is 101 Å². The van der Waals surface area contributed by atoms with Gasteiger partial charge in [-0.3, -0.25) is 24.6 Å². The van der Waals surface area contributed by atoms with E-state index in [0.717, 1.165) is 32.9 Å². The average Bonchev–Trinajstić information content (AvgIpc) is 3.29. The van der Waals surface area contributed by atoms with Crippen LogP contribution >= 0.6 is 11.3 Å². The van der Waals surface area contributed by atoms with E-state index in [0.29, 0.717) is 21.9 Å². The number of nitrogens with zero attached hydrogens (tertiary/aromatic N) is 3. The van der Waals surface area contributed by atoms with Gasteiger partial charge < -0.3 is 4.74 Å². The smallest absolute Gasteiger partial charge is 0.264 e. The second-order valence-electron chi connectivity index (χ2n) is 7.23. The molecule has 2 heterocycles. The molecule has 0 atom stereocenters. The molecule has 2 aromatic carbocycles. The van der Waals surface area contributed by atoms with Gasteiger partial charge in [0.1, 0.15) is 10.8 Å². The highest BCUT2D eigenvalue weighted by Crippen LogP contribution is 2.27. The van der Waals surface area contributed by atoms with E-state index in [-0.39, 0.29) is 36.0 Å². The van der Waals surface area contributed by atoms with Gasteiger partial charge in [-0.15, -0.1) is 10.2 Å². The Morgan fingerprint density at radius 3 is 2.32 bits per heavy atom. The third-order valence-electron chi connectivity index (χ3n) is 5.11. The van der Waals surface area contributed by atoms with Crippen LogP contribution in [0.3, 0.4) is 0 Å². The van der Waals surface area contributed by atoms with Crippen LogP contribution in [-0.4, -0.2) is 39.4 Å². The number of ether oxygens (including phenoxy) is 1. The maximum absolute atomic E-state index is 12.5. The van der Waals surface area contributed by atoms with E-state index in [2.05, 4.69) is 15.5 Å². The molecule has 9 heteroatoms. The molecule has 1 aliphatic rings. The molecule has 3 amide bonds. The summed E-state index contributed by atoms with van der Waals surface area (Å²) in [5.74, 6) is -0.403. The van der Waals surface area contributed by atoms with Gasteiger partial charge in [-0.2, -0.15) is 0 Å². The quantitative estimate of drug-likeness (QED) is 0.595. The Bertz CT molecular complexity index is 1170. The van der Waals surface area contributed by atoms with Gasteiger partial charge in [0.15, 0.2) is 6.61 Å². The number of carbonyl (C=O) groups is 3. The standard InChI is InChI=1S/C22H20N4O4S/c1-12-8-9-13(2)19(14(12)3)30-11-17(27)23-22-25-24-18(31-22)10-26-20(28)15-6-4-5-7-16(15)21(26)29/h4-9H,10-11H2,1-3H3,(H,23,25,27). The van der Waals surface area contributed by atoms with E-state index >= 15 is 0 Å². The van der Waals surface area contributed by atoms with Gasteiger partial charge in [0, 0.05) is 0 Å². The Balaban J connectivity index is 1.37. The second-order valence-corrected chi connectivity index (χ2v) is 8.30. The zero-order valence-electron chi connectivity index (χ0n) is 17.3. The van der Waals surface area contributed by atoms with Gasteiger partial charge in [0.2, 0.25) is 5.13 Å². The van der Waals surface area contributed by atoms with E-state index < -0.39 is 0 Å². The summed E-state index contributed by atoms with van der Waals surface area (Å²) in [6.45, 7) is 5.69. The van der Waals surface area contributed by atoms with Gasteiger partial charge >= 0.3 is 0 Å². The van der Waals surface area contributed by atoms with E-state index in [4.69, 9.17) is 4.74 Å². The predicted molar refractivity (Wildman–Crippen MR) is 115 cm³/mol. The SMILES string of the molecule is Cc1ccc(C)c(OCC(=O)Nc2nnc(CN3C(=O)c4ccccc4C3=O)s2)c1C. The lowest BCUT2D eigenvalue weighted by molar-refractivity contribution is -0.118. The number of nitrogens with one attached hydrogen (secondary N) is 1. The molecule has 0 saturated heterocycles. The van der Waals surface area contributed by atoms with Crippen LogP contribution in [-0.2, 0) is 11.3 Å². The van der Waals surface area contributed by atoms with Crippen molar-refractivity contribution < 1.29 is 19.1 Å². The van der Waals surface area contributed by atoms with Gasteiger partial charge in [-0.05, 0) is 49.6 Å². The summed E-state index contributed by atoms with van der Waals surface area (Å²) in [7, 11) is 0. The zero-order chi connectivity index (χ0) is 22.1. The Labute approximate surface area is 182 Å². The molecule has 0 spiro atoms. The normalized spacial score (nSPS) is 12.8. The number of carbonyl (C=O) groups excluding carboxylic acids is 3. The highest BCUT2D eigenvalue weighted by Gasteiger charge is 2.35. The average molecular weight is 436 g/mol. The fourth-order valence-electron chi connectivity index (χ4n) is 3.33. The maximum Gasteiger partial charge on any atom is 0.264 e. The van der Waals surface area contributed by atoms with Crippen LogP contribution in [0.4, 0.5) is 5.13 Å². The fraction of sp³-hybridized carbons (Fsp3) is 0.227. The molecule has 0 bridgehead atoms. The number of aryl methyl sites for hydroxylation is 2. The summed E-state index contributed by atoms with van der Waals surface area (Å²) >= 11 is 1.11. The molecular formula is C22H20N4O4S. The first-order valence-electron chi connectivity index (χ1n) is 9.62. The number of imide groups is 1. The molecule has 0 saturated carbocycles. The monoisotopic (exact) mass is 436 g/mol. The minimum absolute atomic E-state index is 0.00192. The first kappa shape index (κ1) is 20.7. The Morgan fingerprint density at radius 1 is 1.00 bits per heavy atom. The Hall–Kier alpha value is -3.59. The third-order valence-corrected chi connectivity index (χ3v) is 5.93. The van der Waals surface area contributed by atoms with Crippen LogP contribution < -0.4 is 10.1 Å². The zero-order valence-corrected chi connectivity index (χ0v) is 18.1. The highest BCUT2D eigenvalue weighted by atomic mass is 32.1. The van der Waals surface area contributed by atoms with E-state index in [1.807, 2.05) is 32.9 Å². The minimum Gasteiger partial charge on any atom is -0.483 e. The molecule has 1 aromatic heterocycles. The largest absolute Gasteiger partial charge is 0.483 e. The molecule has 1 N–H and O–H groups in total. The van der Waals surface area contributed by atoms with Crippen LogP contribution in [0.1, 0.15) is 42.4 Å². The van der Waals surface area contributed by atoms with Crippen molar-refractivity contribution in [2.24, 2.45) is 0 Å². The van der Waals surface area contributed by atoms with Gasteiger partial charge in [-0.25, -0.2) is 0 Å². The Morgan fingerprint density at radius 2 is 1.65 bits per heavy atom. The van der Waals surface area contributed by atoms with Crippen LogP contribution in [0.25, 0.3) is 0 Å². The lowest BCUT2D eigenvalue weighted by Crippen LogP contribution is -2.29. The van der Waals surface area contributed by atoms with Crippen molar-refractivity contribution in [1.82, 2.24) is 15.1 Å². The number of anilines is 1. The lowest BCUT2D eigenvalue weighted by atomic mass is 10.1. The maximum atomic E-state index is 12.5. The molecule has 0 aliphatic carbocycles. The number of hydrogen-bond donors (Lipinski definition) is 1. The number of hydrogen-bond acceptors (Lipinski definition) is 7. The molecule has 0 unspecified atom stereocenters. The number of fused-ring (bicyclic) bond motifs is 1. The third kappa shape index (κ3) is 4.04. The predicted octanol–water partition coefficient (Wildman–Crippen LogP) is 3.28. The number of benzene rings is 2.